The minimum absolute atomic E-state index is 0.158. The van der Waals surface area contributed by atoms with Gasteiger partial charge in [-0.15, -0.1) is 0 Å². The number of nitrogens with zero attached hydrogens (tertiary/aromatic N) is 1. The number of hydrogen-bond acceptors (Lipinski definition) is 7. The number of aliphatic hydroxyl groups is 1. The van der Waals surface area contributed by atoms with E-state index in [2.05, 4.69) is 10.6 Å². The van der Waals surface area contributed by atoms with E-state index >= 15 is 0 Å². The summed E-state index contributed by atoms with van der Waals surface area (Å²) in [4.78, 5) is 56.0. The van der Waals surface area contributed by atoms with Gasteiger partial charge in [-0.1, -0.05) is 80.4 Å². The topological polar surface area (TPSA) is 134 Å². The van der Waals surface area contributed by atoms with Crippen LogP contribution in [0.4, 0.5) is 4.79 Å². The lowest BCUT2D eigenvalue weighted by molar-refractivity contribution is -0.159. The highest BCUT2D eigenvalue weighted by atomic mass is 16.6. The number of ether oxygens (including phenoxy) is 2. The number of alkyl carbamates (subject to hydrolysis) is 1. The third-order valence-electron chi connectivity index (χ3n) is 7.02. The zero-order valence-electron chi connectivity index (χ0n) is 28.2. The lowest BCUT2D eigenvalue weighted by Crippen LogP contribution is -2.57. The number of hydrogen-bond donors (Lipinski definition) is 3. The predicted octanol–water partition coefficient (Wildman–Crippen LogP) is 4.87. The number of aryl methyl sites for hydroxylation is 1. The Hall–Kier alpha value is -3.92. The van der Waals surface area contributed by atoms with E-state index in [1.54, 1.807) is 53.7 Å². The number of rotatable bonds is 13. The number of aliphatic hydroxyl groups excluding tert-OH is 1. The fourth-order valence-corrected chi connectivity index (χ4v) is 4.66. The monoisotopic (exact) mass is 625 g/mol. The van der Waals surface area contributed by atoms with Crippen molar-refractivity contribution in [2.45, 2.75) is 104 Å². The van der Waals surface area contributed by atoms with E-state index < -0.39 is 59.8 Å². The molecule has 3 amide bonds. The van der Waals surface area contributed by atoms with Gasteiger partial charge in [0.05, 0.1) is 6.61 Å². The Kier molecular flexibility index (Phi) is 13.6. The average Bonchev–Trinajstić information content (AvgIpc) is 2.94. The largest absolute Gasteiger partial charge is 0.458 e. The van der Waals surface area contributed by atoms with E-state index in [-0.39, 0.29) is 18.9 Å². The van der Waals surface area contributed by atoms with Crippen molar-refractivity contribution in [2.24, 2.45) is 5.92 Å². The van der Waals surface area contributed by atoms with Crippen LogP contribution in [0.15, 0.2) is 54.6 Å². The Labute approximate surface area is 267 Å². The molecule has 0 aromatic heterocycles. The molecule has 3 N–H and O–H groups in total. The van der Waals surface area contributed by atoms with Crippen LogP contribution in [0.25, 0.3) is 0 Å². The first-order valence-corrected chi connectivity index (χ1v) is 15.5. The Bertz CT molecular complexity index is 1270. The highest BCUT2D eigenvalue weighted by Crippen LogP contribution is 2.26. The van der Waals surface area contributed by atoms with Gasteiger partial charge in [-0.25, -0.2) is 9.59 Å². The summed E-state index contributed by atoms with van der Waals surface area (Å²) in [5, 5.41) is 15.6. The fraction of sp³-hybridized carbons (Fsp3) is 0.543. The molecule has 0 fully saturated rings. The maximum atomic E-state index is 14.3. The smallest absolute Gasteiger partial charge is 0.408 e. The van der Waals surface area contributed by atoms with E-state index in [0.29, 0.717) is 12.0 Å². The normalized spacial score (nSPS) is 14.4. The van der Waals surface area contributed by atoms with E-state index in [0.717, 1.165) is 11.1 Å². The predicted molar refractivity (Wildman–Crippen MR) is 173 cm³/mol. The second-order valence-corrected chi connectivity index (χ2v) is 13.4. The lowest BCUT2D eigenvalue weighted by Gasteiger charge is -2.36. The Morgan fingerprint density at radius 1 is 0.867 bits per heavy atom. The van der Waals surface area contributed by atoms with Crippen molar-refractivity contribution in [2.75, 3.05) is 13.2 Å². The first-order valence-electron chi connectivity index (χ1n) is 15.5. The van der Waals surface area contributed by atoms with E-state index in [9.17, 15) is 24.3 Å². The van der Waals surface area contributed by atoms with Gasteiger partial charge in [-0.3, -0.25) is 9.59 Å². The van der Waals surface area contributed by atoms with Crippen LogP contribution in [0, 0.1) is 12.8 Å². The van der Waals surface area contributed by atoms with E-state index in [1.807, 2.05) is 63.2 Å². The summed E-state index contributed by atoms with van der Waals surface area (Å²) in [6, 6.07) is 13.0. The zero-order valence-corrected chi connectivity index (χ0v) is 28.2. The molecule has 2 rings (SSSR count). The van der Waals surface area contributed by atoms with Crippen molar-refractivity contribution >= 4 is 23.9 Å². The van der Waals surface area contributed by atoms with Crippen LogP contribution < -0.4 is 10.6 Å². The standard InChI is InChI=1S/C35H51N3O7/c1-10-24(3)28(37-33(43)45-35(7,8)9)31(41)38(20-21-39)29(26-18-16-23(2)17-19-26)30(40)36-27(32(42)44-34(4,5)6)22-25-14-12-11-13-15-25/h11-19,24,27-29,39H,10,20-22H2,1-9H3,(H,36,40)(H,37,43). The molecule has 2 aromatic carbocycles. The maximum absolute atomic E-state index is 14.3. The van der Waals surface area contributed by atoms with E-state index in [1.165, 1.54) is 4.90 Å². The number of nitrogens with one attached hydrogen (secondary N) is 2. The van der Waals surface area contributed by atoms with Gasteiger partial charge in [0.15, 0.2) is 0 Å². The zero-order chi connectivity index (χ0) is 33.9. The van der Waals surface area contributed by atoms with E-state index in [4.69, 9.17) is 9.47 Å². The highest BCUT2D eigenvalue weighted by molar-refractivity contribution is 5.94. The molecule has 0 aliphatic carbocycles. The number of amides is 3. The first-order chi connectivity index (χ1) is 21.0. The van der Waals surface area contributed by atoms with Gasteiger partial charge in [0, 0.05) is 13.0 Å². The summed E-state index contributed by atoms with van der Waals surface area (Å²) in [5.41, 5.74) is 0.628. The quantitative estimate of drug-likeness (QED) is 0.271. The molecule has 0 saturated carbocycles. The van der Waals surface area contributed by atoms with Gasteiger partial charge >= 0.3 is 12.1 Å². The minimum atomic E-state index is -1.24. The van der Waals surface area contributed by atoms with Gasteiger partial charge in [0.25, 0.3) is 0 Å². The van der Waals surface area contributed by atoms with Crippen LogP contribution in [0.3, 0.4) is 0 Å². The molecule has 10 heteroatoms. The van der Waals surface area contributed by atoms with Crippen LogP contribution in [0.2, 0.25) is 0 Å². The maximum Gasteiger partial charge on any atom is 0.408 e. The SMILES string of the molecule is CCC(C)C(NC(=O)OC(C)(C)C)C(=O)N(CCO)C(C(=O)NC(Cc1ccccc1)C(=O)OC(C)(C)C)c1ccc(C)cc1. The molecule has 0 heterocycles. The number of esters is 1. The molecular weight excluding hydrogens is 574 g/mol. The molecule has 2 aromatic rings. The van der Waals surface area contributed by atoms with Gasteiger partial charge in [-0.05, 0) is 65.5 Å². The van der Waals surface area contributed by atoms with Crippen molar-refractivity contribution in [1.29, 1.82) is 0 Å². The summed E-state index contributed by atoms with van der Waals surface area (Å²) in [7, 11) is 0. The second-order valence-electron chi connectivity index (χ2n) is 13.4. The average molecular weight is 626 g/mol. The van der Waals surface area contributed by atoms with Crippen LogP contribution in [-0.2, 0) is 30.3 Å². The van der Waals surface area contributed by atoms with Crippen LogP contribution in [0.1, 0.15) is 84.5 Å². The molecular formula is C35H51N3O7. The first kappa shape index (κ1) is 37.3. The van der Waals surface area contributed by atoms with Crippen LogP contribution in [0.5, 0.6) is 0 Å². The summed E-state index contributed by atoms with van der Waals surface area (Å²) < 4.78 is 11.1. The number of carbonyl (C=O) groups is 4. The molecule has 0 spiro atoms. The summed E-state index contributed by atoms with van der Waals surface area (Å²) in [5.74, 6) is -2.15. The summed E-state index contributed by atoms with van der Waals surface area (Å²) >= 11 is 0. The minimum Gasteiger partial charge on any atom is -0.458 e. The van der Waals surface area contributed by atoms with Gasteiger partial charge in [0.1, 0.15) is 29.3 Å². The Morgan fingerprint density at radius 3 is 1.96 bits per heavy atom. The van der Waals surface area contributed by atoms with Gasteiger partial charge in [-0.2, -0.15) is 0 Å². The third-order valence-corrected chi connectivity index (χ3v) is 7.02. The Balaban J connectivity index is 2.58. The second kappa shape index (κ2) is 16.4. The summed E-state index contributed by atoms with van der Waals surface area (Å²) in [6.45, 7) is 15.4. The molecule has 0 aliphatic rings. The van der Waals surface area contributed by atoms with Gasteiger partial charge < -0.3 is 30.1 Å². The molecule has 0 bridgehead atoms. The molecule has 45 heavy (non-hydrogen) atoms. The van der Waals surface area contributed by atoms with Crippen molar-refractivity contribution in [3.63, 3.8) is 0 Å². The number of carbonyl (C=O) groups excluding carboxylic acids is 4. The van der Waals surface area contributed by atoms with Crippen molar-refractivity contribution in [3.05, 3.63) is 71.3 Å². The van der Waals surface area contributed by atoms with Crippen LogP contribution in [-0.4, -0.2) is 70.3 Å². The molecule has 0 radical (unpaired) electrons. The molecule has 10 nitrogen and oxygen atoms in total. The lowest BCUT2D eigenvalue weighted by atomic mass is 9.95. The van der Waals surface area contributed by atoms with Gasteiger partial charge in [0.2, 0.25) is 11.8 Å². The molecule has 0 saturated heterocycles. The number of benzene rings is 2. The molecule has 248 valence electrons. The van der Waals surface area contributed by atoms with Crippen molar-refractivity contribution in [3.8, 4) is 0 Å². The third kappa shape index (κ3) is 12.2. The van der Waals surface area contributed by atoms with Crippen LogP contribution >= 0.6 is 0 Å². The highest BCUT2D eigenvalue weighted by Gasteiger charge is 2.39. The van der Waals surface area contributed by atoms with Crippen molar-refractivity contribution in [1.82, 2.24) is 15.5 Å². The fourth-order valence-electron chi connectivity index (χ4n) is 4.66. The summed E-state index contributed by atoms with van der Waals surface area (Å²) in [6.07, 6.45) is -0.0707. The molecule has 4 unspecified atom stereocenters. The Morgan fingerprint density at radius 2 is 1.44 bits per heavy atom. The molecule has 4 atom stereocenters. The molecule has 0 aliphatic heterocycles. The van der Waals surface area contributed by atoms with Crippen molar-refractivity contribution < 1.29 is 33.8 Å².